The van der Waals surface area contributed by atoms with Gasteiger partial charge in [-0.05, 0) is 18.9 Å². The van der Waals surface area contributed by atoms with Crippen molar-refractivity contribution in [2.45, 2.75) is 32.6 Å². The molecule has 1 amide bonds. The van der Waals surface area contributed by atoms with Crippen LogP contribution in [0.15, 0.2) is 66.2 Å². The fraction of sp³-hybridized carbons (Fsp3) is 0.400. The molecule has 37 heavy (non-hydrogen) atoms. The summed E-state index contributed by atoms with van der Waals surface area (Å²) in [7, 11) is 0. The molecule has 1 fully saturated rings. The summed E-state index contributed by atoms with van der Waals surface area (Å²) >= 11 is 1.66. The molecule has 3 heterocycles. The molecular weight excluding hydrogens is 480 g/mol. The Morgan fingerprint density at radius 2 is 1.84 bits per heavy atom. The first-order valence-corrected chi connectivity index (χ1v) is 14.2. The Labute approximate surface area is 223 Å². The van der Waals surface area contributed by atoms with E-state index in [9.17, 15) is 4.79 Å². The molecule has 0 radical (unpaired) electrons. The smallest absolute Gasteiger partial charge is 0.230 e. The van der Waals surface area contributed by atoms with Gasteiger partial charge in [0.25, 0.3) is 0 Å². The molecular formula is C30H36N4O2S. The summed E-state index contributed by atoms with van der Waals surface area (Å²) in [6.07, 6.45) is 3.72. The summed E-state index contributed by atoms with van der Waals surface area (Å²) in [6, 6.07) is 18.7. The minimum Gasteiger partial charge on any atom is -0.379 e. The Hall–Kier alpha value is -3.00. The van der Waals surface area contributed by atoms with E-state index in [1.54, 1.807) is 11.3 Å². The highest BCUT2D eigenvalue weighted by atomic mass is 32.1. The molecule has 0 N–H and O–H groups in total. The van der Waals surface area contributed by atoms with Gasteiger partial charge in [-0.1, -0.05) is 67.1 Å². The van der Waals surface area contributed by atoms with E-state index in [-0.39, 0.29) is 11.8 Å². The maximum Gasteiger partial charge on any atom is 0.230 e. The first kappa shape index (κ1) is 25.6. The zero-order valence-corrected chi connectivity index (χ0v) is 22.6. The highest BCUT2D eigenvalue weighted by molar-refractivity contribution is 7.15. The zero-order valence-electron chi connectivity index (χ0n) is 21.8. The molecule has 5 rings (SSSR count). The lowest BCUT2D eigenvalue weighted by Gasteiger charge is -2.32. The van der Waals surface area contributed by atoms with Crippen molar-refractivity contribution in [2.75, 3.05) is 45.9 Å². The third-order valence-corrected chi connectivity index (χ3v) is 8.17. The second kappa shape index (κ2) is 12.0. The molecule has 6 nitrogen and oxygen atoms in total. The number of ether oxygens (including phenoxy) is 1. The van der Waals surface area contributed by atoms with Crippen LogP contribution in [0.5, 0.6) is 0 Å². The number of thiazole rings is 1. The molecule has 194 valence electrons. The highest BCUT2D eigenvalue weighted by Gasteiger charge is 2.25. The van der Waals surface area contributed by atoms with Gasteiger partial charge >= 0.3 is 0 Å². The molecule has 2 aromatic heterocycles. The average molecular weight is 517 g/mol. The van der Waals surface area contributed by atoms with E-state index in [0.717, 1.165) is 74.0 Å². The van der Waals surface area contributed by atoms with Crippen molar-refractivity contribution in [2.24, 2.45) is 0 Å². The Morgan fingerprint density at radius 1 is 1.08 bits per heavy atom. The largest absolute Gasteiger partial charge is 0.379 e. The molecule has 1 aliphatic heterocycles. The number of imidazole rings is 1. The normalized spacial score (nSPS) is 15.2. The van der Waals surface area contributed by atoms with Gasteiger partial charge in [-0.25, -0.2) is 4.98 Å². The first-order valence-electron chi connectivity index (χ1n) is 13.3. The number of carbonyl (C=O) groups is 1. The third-order valence-electron chi connectivity index (χ3n) is 7.28. The number of fused-ring (bicyclic) bond motifs is 1. The van der Waals surface area contributed by atoms with Crippen LogP contribution in [0.2, 0.25) is 0 Å². The summed E-state index contributed by atoms with van der Waals surface area (Å²) in [5, 5.41) is 2.18. The lowest BCUT2D eigenvalue weighted by Crippen LogP contribution is -2.45. The number of hydrogen-bond acceptors (Lipinski definition) is 5. The van der Waals surface area contributed by atoms with Gasteiger partial charge in [0.1, 0.15) is 0 Å². The van der Waals surface area contributed by atoms with Crippen LogP contribution < -0.4 is 0 Å². The maximum atomic E-state index is 13.9. The molecule has 0 spiro atoms. The van der Waals surface area contributed by atoms with E-state index >= 15 is 0 Å². The molecule has 7 heteroatoms. The summed E-state index contributed by atoms with van der Waals surface area (Å²) in [6.45, 7) is 9.90. The number of aryl methyl sites for hydroxylation is 1. The van der Waals surface area contributed by atoms with E-state index in [2.05, 4.69) is 76.0 Å². The molecule has 4 aromatic rings. The van der Waals surface area contributed by atoms with Gasteiger partial charge in [-0.2, -0.15) is 0 Å². The summed E-state index contributed by atoms with van der Waals surface area (Å²) in [4.78, 5) is 24.2. The van der Waals surface area contributed by atoms with Crippen LogP contribution in [0.3, 0.4) is 0 Å². The Morgan fingerprint density at radius 3 is 2.57 bits per heavy atom. The Balaban J connectivity index is 1.33. The number of aromatic nitrogens is 2. The Bertz CT molecular complexity index is 1290. The molecule has 0 bridgehead atoms. The maximum absolute atomic E-state index is 13.9. The second-order valence-electron chi connectivity index (χ2n) is 9.77. The number of morpholine rings is 1. The third kappa shape index (κ3) is 6.12. The van der Waals surface area contributed by atoms with E-state index in [4.69, 9.17) is 9.72 Å². The molecule has 0 aliphatic carbocycles. The van der Waals surface area contributed by atoms with Crippen molar-refractivity contribution in [3.05, 3.63) is 83.0 Å². The van der Waals surface area contributed by atoms with Crippen LogP contribution in [0.1, 0.15) is 36.1 Å². The van der Waals surface area contributed by atoms with Crippen molar-refractivity contribution in [1.29, 1.82) is 0 Å². The van der Waals surface area contributed by atoms with Crippen LogP contribution in [0.4, 0.5) is 0 Å². The molecule has 1 saturated heterocycles. The first-order chi connectivity index (χ1) is 18.1. The standard InChI is InChI=1S/C30H36N4O2S/c1-3-27(24-7-5-4-6-8-24)29(35)33(16-15-32-17-19-36-20-18-32)14-13-26-22-37-30-31-28(21-34(26)30)25-11-9-23(2)10-12-25/h4-12,21-22,27H,3,13-20H2,1-2H3. The topological polar surface area (TPSA) is 50.1 Å². The number of carbonyl (C=O) groups excluding carboxylic acids is 1. The number of amides is 1. The zero-order chi connectivity index (χ0) is 25.6. The minimum atomic E-state index is -0.116. The molecule has 1 aliphatic rings. The van der Waals surface area contributed by atoms with Gasteiger partial charge in [0.05, 0.1) is 24.8 Å². The summed E-state index contributed by atoms with van der Waals surface area (Å²) in [5.74, 6) is 0.106. The molecule has 0 saturated carbocycles. The van der Waals surface area contributed by atoms with Crippen LogP contribution >= 0.6 is 11.3 Å². The number of benzene rings is 2. The predicted molar refractivity (Wildman–Crippen MR) is 150 cm³/mol. The van der Waals surface area contributed by atoms with Gasteiger partial charge in [0.15, 0.2) is 4.96 Å². The number of rotatable bonds is 10. The van der Waals surface area contributed by atoms with Gasteiger partial charge in [0.2, 0.25) is 5.91 Å². The van der Waals surface area contributed by atoms with Gasteiger partial charge in [-0.15, -0.1) is 11.3 Å². The van der Waals surface area contributed by atoms with E-state index in [1.807, 2.05) is 18.2 Å². The van der Waals surface area contributed by atoms with Crippen molar-refractivity contribution in [1.82, 2.24) is 19.2 Å². The summed E-state index contributed by atoms with van der Waals surface area (Å²) < 4.78 is 7.71. The molecule has 1 atom stereocenters. The molecule has 1 unspecified atom stereocenters. The van der Waals surface area contributed by atoms with E-state index in [0.29, 0.717) is 6.54 Å². The van der Waals surface area contributed by atoms with Crippen LogP contribution in [0, 0.1) is 6.92 Å². The van der Waals surface area contributed by atoms with Gasteiger partial charge < -0.3 is 9.64 Å². The molecule has 2 aromatic carbocycles. The second-order valence-corrected chi connectivity index (χ2v) is 10.6. The monoisotopic (exact) mass is 516 g/mol. The van der Waals surface area contributed by atoms with Crippen molar-refractivity contribution < 1.29 is 9.53 Å². The highest BCUT2D eigenvalue weighted by Crippen LogP contribution is 2.26. The average Bonchev–Trinajstić information content (AvgIpc) is 3.52. The lowest BCUT2D eigenvalue weighted by atomic mass is 9.95. The van der Waals surface area contributed by atoms with Crippen molar-refractivity contribution in [3.8, 4) is 11.3 Å². The SMILES string of the molecule is CCC(C(=O)N(CCc1csc2nc(-c3ccc(C)cc3)cn12)CCN1CCOCC1)c1ccccc1. The number of hydrogen-bond donors (Lipinski definition) is 0. The Kier molecular flexibility index (Phi) is 8.34. The van der Waals surface area contributed by atoms with E-state index < -0.39 is 0 Å². The van der Waals surface area contributed by atoms with Crippen molar-refractivity contribution >= 4 is 22.2 Å². The summed E-state index contributed by atoms with van der Waals surface area (Å²) in [5.41, 5.74) is 5.66. The predicted octanol–water partition coefficient (Wildman–Crippen LogP) is 5.27. The van der Waals surface area contributed by atoms with Gasteiger partial charge in [0, 0.05) is 62.0 Å². The fourth-order valence-electron chi connectivity index (χ4n) is 5.00. The van der Waals surface area contributed by atoms with E-state index in [1.165, 1.54) is 11.3 Å². The fourth-order valence-corrected chi connectivity index (χ4v) is 5.91. The lowest BCUT2D eigenvalue weighted by molar-refractivity contribution is -0.133. The number of nitrogens with zero attached hydrogens (tertiary/aromatic N) is 4. The van der Waals surface area contributed by atoms with Crippen molar-refractivity contribution in [3.63, 3.8) is 0 Å². The van der Waals surface area contributed by atoms with Crippen LogP contribution in [-0.2, 0) is 16.0 Å². The quantitative estimate of drug-likeness (QED) is 0.288. The van der Waals surface area contributed by atoms with Crippen LogP contribution in [-0.4, -0.2) is 71.0 Å². The van der Waals surface area contributed by atoms with Crippen LogP contribution in [0.25, 0.3) is 16.2 Å². The minimum absolute atomic E-state index is 0.116. The van der Waals surface area contributed by atoms with Gasteiger partial charge in [-0.3, -0.25) is 14.1 Å².